The van der Waals surface area contributed by atoms with E-state index < -0.39 is 42.4 Å². The zero-order chi connectivity index (χ0) is 15.6. The van der Waals surface area contributed by atoms with Crippen molar-refractivity contribution in [3.63, 3.8) is 0 Å². The molecular formula is C11H9N3O6S. The molecule has 0 saturated heterocycles. The number of anilines is 1. The van der Waals surface area contributed by atoms with Crippen molar-refractivity contribution in [1.29, 1.82) is 0 Å². The molecule has 1 aromatic carbocycles. The Balaban J connectivity index is 2.47. The highest BCUT2D eigenvalue weighted by molar-refractivity contribution is 7.92. The van der Waals surface area contributed by atoms with E-state index in [1.165, 1.54) is 6.20 Å². The van der Waals surface area contributed by atoms with E-state index in [4.69, 9.17) is 0 Å². The van der Waals surface area contributed by atoms with Gasteiger partial charge >= 0.3 is 0 Å². The summed E-state index contributed by atoms with van der Waals surface area (Å²) in [4.78, 5) is 23.3. The van der Waals surface area contributed by atoms with Crippen molar-refractivity contribution in [3.8, 4) is 5.75 Å². The summed E-state index contributed by atoms with van der Waals surface area (Å²) in [5, 5.41) is 20.2. The molecule has 2 rings (SSSR count). The number of nitro benzene ring substituents is 1. The largest absolute Gasteiger partial charge is 0.506 e. The minimum atomic E-state index is -4.29. The van der Waals surface area contributed by atoms with Crippen LogP contribution in [0.4, 0.5) is 11.4 Å². The smallest absolute Gasteiger partial charge is 0.271 e. The maximum absolute atomic E-state index is 12.0. The number of non-ortho nitro benzene ring substituents is 1. The van der Waals surface area contributed by atoms with Gasteiger partial charge < -0.3 is 10.1 Å². The van der Waals surface area contributed by atoms with Gasteiger partial charge in [0.25, 0.3) is 15.7 Å². The normalized spacial score (nSPS) is 11.0. The SMILES string of the molecule is O=c1cc[nH]cc1S(=O)(=O)Nc1cc([N+](=O)[O-])ccc1O. The number of nitrogens with zero attached hydrogens (tertiary/aromatic N) is 1. The lowest BCUT2D eigenvalue weighted by molar-refractivity contribution is -0.384. The number of nitro groups is 1. The number of sulfonamides is 1. The van der Waals surface area contributed by atoms with Crippen LogP contribution in [0.5, 0.6) is 5.75 Å². The standard InChI is InChI=1S/C11H9N3O6S/c15-9-2-1-7(14(17)18)5-8(9)13-21(19,20)11-6-12-4-3-10(11)16/h1-6,13,15H,(H,12,16). The molecule has 21 heavy (non-hydrogen) atoms. The molecule has 0 unspecified atom stereocenters. The highest BCUT2D eigenvalue weighted by Gasteiger charge is 2.20. The number of aromatic nitrogens is 1. The van der Waals surface area contributed by atoms with Crippen molar-refractivity contribution < 1.29 is 18.4 Å². The predicted molar refractivity (Wildman–Crippen MR) is 72.6 cm³/mol. The topological polar surface area (TPSA) is 142 Å². The van der Waals surface area contributed by atoms with E-state index in [0.29, 0.717) is 0 Å². The molecule has 0 atom stereocenters. The van der Waals surface area contributed by atoms with Crippen LogP contribution in [0.25, 0.3) is 0 Å². The number of phenols is 1. The zero-order valence-electron chi connectivity index (χ0n) is 10.3. The van der Waals surface area contributed by atoms with Crippen LogP contribution >= 0.6 is 0 Å². The number of pyridine rings is 1. The monoisotopic (exact) mass is 311 g/mol. The van der Waals surface area contributed by atoms with Crippen molar-refractivity contribution in [2.24, 2.45) is 0 Å². The molecule has 0 aliphatic carbocycles. The van der Waals surface area contributed by atoms with Gasteiger partial charge in [0.15, 0.2) is 4.90 Å². The molecule has 0 saturated carbocycles. The summed E-state index contributed by atoms with van der Waals surface area (Å²) in [6.07, 6.45) is 2.23. The van der Waals surface area contributed by atoms with Crippen LogP contribution in [0.1, 0.15) is 0 Å². The average Bonchev–Trinajstić information content (AvgIpc) is 2.41. The van der Waals surface area contributed by atoms with Crippen molar-refractivity contribution in [3.05, 3.63) is 57.0 Å². The summed E-state index contributed by atoms with van der Waals surface area (Å²) < 4.78 is 26.0. The van der Waals surface area contributed by atoms with Crippen LogP contribution in [0.3, 0.4) is 0 Å². The van der Waals surface area contributed by atoms with E-state index >= 15 is 0 Å². The molecule has 0 radical (unpaired) electrons. The summed E-state index contributed by atoms with van der Waals surface area (Å²) >= 11 is 0. The molecule has 0 aliphatic rings. The lowest BCUT2D eigenvalue weighted by atomic mass is 10.2. The van der Waals surface area contributed by atoms with Crippen LogP contribution in [0.2, 0.25) is 0 Å². The summed E-state index contributed by atoms with van der Waals surface area (Å²) in [5.74, 6) is -0.503. The molecule has 2 aromatic rings. The molecule has 0 spiro atoms. The minimum Gasteiger partial charge on any atom is -0.506 e. The second kappa shape index (κ2) is 5.25. The van der Waals surface area contributed by atoms with E-state index in [-0.39, 0.29) is 0 Å². The Morgan fingerprint density at radius 1 is 1.29 bits per heavy atom. The number of H-pyrrole nitrogens is 1. The Labute approximate surface area is 118 Å². The van der Waals surface area contributed by atoms with E-state index in [1.54, 1.807) is 0 Å². The fourth-order valence-corrected chi connectivity index (χ4v) is 2.65. The van der Waals surface area contributed by atoms with Crippen molar-refractivity contribution in [2.45, 2.75) is 4.90 Å². The van der Waals surface area contributed by atoms with Crippen LogP contribution in [0, 0.1) is 10.1 Å². The first-order valence-corrected chi connectivity index (χ1v) is 6.97. The lowest BCUT2D eigenvalue weighted by Gasteiger charge is -2.08. The third-order valence-corrected chi connectivity index (χ3v) is 3.90. The molecule has 10 heteroatoms. The first-order valence-electron chi connectivity index (χ1n) is 5.48. The molecule has 0 bridgehead atoms. The first kappa shape index (κ1) is 14.5. The molecule has 0 aliphatic heterocycles. The Kier molecular flexibility index (Phi) is 3.63. The zero-order valence-corrected chi connectivity index (χ0v) is 11.1. The number of hydrogen-bond acceptors (Lipinski definition) is 6. The van der Waals surface area contributed by atoms with Gasteiger partial charge in [0.1, 0.15) is 5.75 Å². The molecule has 3 N–H and O–H groups in total. The lowest BCUT2D eigenvalue weighted by Crippen LogP contribution is -2.21. The molecule has 1 heterocycles. The van der Waals surface area contributed by atoms with E-state index in [0.717, 1.165) is 30.5 Å². The van der Waals surface area contributed by atoms with Crippen molar-refractivity contribution >= 4 is 21.4 Å². The van der Waals surface area contributed by atoms with Gasteiger partial charge in [-0.1, -0.05) is 0 Å². The Morgan fingerprint density at radius 2 is 2.00 bits per heavy atom. The van der Waals surface area contributed by atoms with Gasteiger partial charge in [0.2, 0.25) is 5.43 Å². The van der Waals surface area contributed by atoms with Crippen molar-refractivity contribution in [1.82, 2.24) is 4.98 Å². The number of benzene rings is 1. The van der Waals surface area contributed by atoms with Gasteiger partial charge in [0, 0.05) is 30.6 Å². The van der Waals surface area contributed by atoms with Gasteiger partial charge in [-0.2, -0.15) is 0 Å². The van der Waals surface area contributed by atoms with Gasteiger partial charge in [-0.25, -0.2) is 8.42 Å². The molecule has 1 aromatic heterocycles. The average molecular weight is 311 g/mol. The Hall–Kier alpha value is -2.88. The van der Waals surface area contributed by atoms with Gasteiger partial charge in [0.05, 0.1) is 10.6 Å². The minimum absolute atomic E-state index is 0.396. The summed E-state index contributed by atoms with van der Waals surface area (Å²) in [6, 6.07) is 3.86. The summed E-state index contributed by atoms with van der Waals surface area (Å²) in [6.45, 7) is 0. The van der Waals surface area contributed by atoms with E-state index in [1.807, 2.05) is 4.72 Å². The fourth-order valence-electron chi connectivity index (χ4n) is 1.53. The molecule has 110 valence electrons. The second-order valence-electron chi connectivity index (χ2n) is 3.94. The highest BCUT2D eigenvalue weighted by Crippen LogP contribution is 2.29. The van der Waals surface area contributed by atoms with Crippen LogP contribution in [-0.2, 0) is 10.0 Å². The third-order valence-electron chi connectivity index (χ3n) is 2.51. The van der Waals surface area contributed by atoms with Crippen LogP contribution in [0.15, 0.2) is 46.3 Å². The van der Waals surface area contributed by atoms with Gasteiger partial charge in [-0.05, 0) is 6.07 Å². The maximum Gasteiger partial charge on any atom is 0.271 e. The number of hydrogen-bond donors (Lipinski definition) is 3. The molecule has 9 nitrogen and oxygen atoms in total. The highest BCUT2D eigenvalue weighted by atomic mass is 32.2. The fraction of sp³-hybridized carbons (Fsp3) is 0. The number of nitrogens with one attached hydrogen (secondary N) is 2. The van der Waals surface area contributed by atoms with Crippen LogP contribution in [-0.4, -0.2) is 23.4 Å². The van der Waals surface area contributed by atoms with E-state index in [9.17, 15) is 28.4 Å². The van der Waals surface area contributed by atoms with Crippen LogP contribution < -0.4 is 10.2 Å². The molecule has 0 fully saturated rings. The number of rotatable bonds is 4. The van der Waals surface area contributed by atoms with Gasteiger partial charge in [-0.3, -0.25) is 19.6 Å². The Morgan fingerprint density at radius 3 is 2.62 bits per heavy atom. The predicted octanol–water partition coefficient (Wildman–Crippen LogP) is 0.789. The Bertz CT molecular complexity index is 858. The van der Waals surface area contributed by atoms with E-state index in [2.05, 4.69) is 4.98 Å². The number of aromatic amines is 1. The maximum atomic E-state index is 12.0. The second-order valence-corrected chi connectivity index (χ2v) is 5.59. The quantitative estimate of drug-likeness (QED) is 0.433. The first-order chi connectivity index (χ1) is 9.81. The van der Waals surface area contributed by atoms with Gasteiger partial charge in [-0.15, -0.1) is 0 Å². The third kappa shape index (κ3) is 3.00. The molecule has 0 amide bonds. The van der Waals surface area contributed by atoms with Crippen molar-refractivity contribution in [2.75, 3.05) is 4.72 Å². The summed E-state index contributed by atoms with van der Waals surface area (Å²) in [5.41, 5.74) is -1.56. The number of aromatic hydroxyl groups is 1. The number of phenolic OH excluding ortho intramolecular Hbond substituents is 1. The summed E-state index contributed by atoms with van der Waals surface area (Å²) in [7, 11) is -4.29. The molecular weight excluding hydrogens is 302 g/mol.